The molecule has 40 heavy (non-hydrogen) atoms. The molecule has 3 aromatic rings. The van der Waals surface area contributed by atoms with Crippen molar-refractivity contribution in [1.82, 2.24) is 24.2 Å². The van der Waals surface area contributed by atoms with Gasteiger partial charge in [0.1, 0.15) is 5.65 Å². The van der Waals surface area contributed by atoms with E-state index in [0.717, 1.165) is 25.2 Å². The van der Waals surface area contributed by atoms with Crippen molar-refractivity contribution in [2.24, 2.45) is 11.8 Å². The molecule has 0 amide bonds. The van der Waals surface area contributed by atoms with Crippen LogP contribution in [0.4, 0.5) is 11.6 Å². The first kappa shape index (κ1) is 28.2. The molecule has 4 heterocycles. The zero-order valence-corrected chi connectivity index (χ0v) is 23.8. The first-order valence-electron chi connectivity index (χ1n) is 13.7. The third-order valence-electron chi connectivity index (χ3n) is 7.58. The zero-order valence-electron chi connectivity index (χ0n) is 23.0. The number of sulfonamides is 1. The van der Waals surface area contributed by atoms with Crippen molar-refractivity contribution in [3.63, 3.8) is 0 Å². The second kappa shape index (κ2) is 12.5. The number of nitrogens with zero attached hydrogens (tertiary/aromatic N) is 4. The minimum atomic E-state index is -3.19. The number of hydrogen-bond donors (Lipinski definition) is 2. The maximum Gasteiger partial charge on any atom is 0.268 e. The molecule has 2 N–H and O–H groups in total. The summed E-state index contributed by atoms with van der Waals surface area (Å²) >= 11 is 0. The third-order valence-corrected chi connectivity index (χ3v) is 8.88. The normalized spacial score (nSPS) is 18.5. The van der Waals surface area contributed by atoms with Crippen molar-refractivity contribution in [2.45, 2.75) is 32.2 Å². The molecular weight excluding hydrogens is 528 g/mol. The summed E-state index contributed by atoms with van der Waals surface area (Å²) in [6.07, 6.45) is 6.49. The van der Waals surface area contributed by atoms with Crippen LogP contribution in [0.3, 0.4) is 0 Å². The van der Waals surface area contributed by atoms with E-state index in [0.29, 0.717) is 67.5 Å². The highest BCUT2D eigenvalue weighted by Crippen LogP contribution is 2.21. The summed E-state index contributed by atoms with van der Waals surface area (Å²) in [7, 11) is -1.60. The topological polar surface area (TPSA) is 118 Å². The zero-order chi connectivity index (χ0) is 28.1. The predicted octanol–water partition coefficient (Wildman–Crippen LogP) is 2.36. The molecule has 2 aliphatic heterocycles. The smallest absolute Gasteiger partial charge is 0.268 e. The second-order valence-corrected chi connectivity index (χ2v) is 12.6. The van der Waals surface area contributed by atoms with Gasteiger partial charge in [0, 0.05) is 43.4 Å². The van der Waals surface area contributed by atoms with E-state index in [1.165, 1.54) is 22.5 Å². The monoisotopic (exact) mass is 564 g/mol. The molecule has 0 radical (unpaired) electrons. The number of pyridine rings is 1. The van der Waals surface area contributed by atoms with Crippen molar-refractivity contribution in [3.8, 4) is 11.8 Å². The van der Waals surface area contributed by atoms with E-state index >= 15 is 0 Å². The van der Waals surface area contributed by atoms with Gasteiger partial charge in [-0.1, -0.05) is 24.0 Å². The molecule has 0 saturated carbocycles. The summed E-state index contributed by atoms with van der Waals surface area (Å²) in [5.74, 6) is 7.39. The van der Waals surface area contributed by atoms with Crippen LogP contribution in [0.2, 0.25) is 0 Å². The molecule has 212 valence electrons. The van der Waals surface area contributed by atoms with Crippen LogP contribution in [0.5, 0.6) is 0 Å². The van der Waals surface area contributed by atoms with Crippen LogP contribution in [-0.2, 0) is 27.7 Å². The van der Waals surface area contributed by atoms with Crippen LogP contribution in [0.1, 0.15) is 30.4 Å². The van der Waals surface area contributed by atoms with Crippen LogP contribution in [0.25, 0.3) is 11.0 Å². The lowest BCUT2D eigenvalue weighted by Crippen LogP contribution is -2.37. The fraction of sp³-hybridized carbons (Fsp3) is 0.483. The Morgan fingerprint density at radius 3 is 2.62 bits per heavy atom. The lowest BCUT2D eigenvalue weighted by Gasteiger charge is -2.27. The van der Waals surface area contributed by atoms with Gasteiger partial charge in [0.25, 0.3) is 5.56 Å². The lowest BCUT2D eigenvalue weighted by molar-refractivity contribution is 0.187. The highest BCUT2D eigenvalue weighted by molar-refractivity contribution is 7.88. The fourth-order valence-electron chi connectivity index (χ4n) is 5.29. The molecule has 2 aliphatic rings. The van der Waals surface area contributed by atoms with Crippen LogP contribution < -0.4 is 16.2 Å². The Kier molecular flexibility index (Phi) is 8.81. The van der Waals surface area contributed by atoms with E-state index < -0.39 is 10.0 Å². The summed E-state index contributed by atoms with van der Waals surface area (Å²) in [6.45, 7) is 3.74. The highest BCUT2D eigenvalue weighted by atomic mass is 32.2. The minimum Gasteiger partial charge on any atom is -0.383 e. The number of hydrogen-bond acceptors (Lipinski definition) is 8. The van der Waals surface area contributed by atoms with Crippen molar-refractivity contribution < 1.29 is 13.2 Å². The van der Waals surface area contributed by atoms with Gasteiger partial charge in [-0.05, 0) is 68.5 Å². The summed E-state index contributed by atoms with van der Waals surface area (Å²) in [5, 5.41) is 7.38. The second-order valence-electron chi connectivity index (χ2n) is 10.6. The standard InChI is InChI=1S/C29H36N6O4S/c1-39-16-15-35-27-25(18-24(28(35)36)6-3-21-10-13-34(14-11-21)40(2,37)38)20-31-29(33-27)32-26-7-4-22(5-8-26)17-23-9-12-30-19-23/h4-5,7-8,18,20-21,23,30H,9-17,19H2,1-2H3,(H,31,32,33). The number of benzene rings is 1. The molecule has 0 bridgehead atoms. The summed E-state index contributed by atoms with van der Waals surface area (Å²) in [4.78, 5) is 22.6. The number of nitrogens with one attached hydrogen (secondary N) is 2. The molecule has 2 aromatic heterocycles. The van der Waals surface area contributed by atoms with Gasteiger partial charge in [0.15, 0.2) is 0 Å². The van der Waals surface area contributed by atoms with E-state index in [2.05, 4.69) is 44.6 Å². The molecule has 2 fully saturated rings. The molecule has 1 atom stereocenters. The van der Waals surface area contributed by atoms with E-state index in [1.807, 2.05) is 12.1 Å². The average molecular weight is 565 g/mol. The number of ether oxygens (including phenoxy) is 1. The maximum atomic E-state index is 13.4. The predicted molar refractivity (Wildman–Crippen MR) is 156 cm³/mol. The quantitative estimate of drug-likeness (QED) is 0.401. The van der Waals surface area contributed by atoms with Crippen LogP contribution >= 0.6 is 0 Å². The Morgan fingerprint density at radius 2 is 1.95 bits per heavy atom. The first-order chi connectivity index (χ1) is 19.3. The van der Waals surface area contributed by atoms with E-state index in [4.69, 9.17) is 4.74 Å². The number of methoxy groups -OCH3 is 1. The van der Waals surface area contributed by atoms with Crippen molar-refractivity contribution in [2.75, 3.05) is 51.5 Å². The minimum absolute atomic E-state index is 0.0320. The van der Waals surface area contributed by atoms with Crippen LogP contribution in [-0.4, -0.2) is 73.4 Å². The van der Waals surface area contributed by atoms with Gasteiger partial charge < -0.3 is 15.4 Å². The summed E-state index contributed by atoms with van der Waals surface area (Å²) in [6, 6.07) is 10.1. The average Bonchev–Trinajstić information content (AvgIpc) is 3.46. The molecule has 1 unspecified atom stereocenters. The Hall–Kier alpha value is -3.30. The summed E-state index contributed by atoms with van der Waals surface area (Å²) in [5.41, 5.74) is 2.83. The van der Waals surface area contributed by atoms with Crippen LogP contribution in [0, 0.1) is 23.7 Å². The van der Waals surface area contributed by atoms with Gasteiger partial charge in [-0.3, -0.25) is 9.36 Å². The summed E-state index contributed by atoms with van der Waals surface area (Å²) < 4.78 is 31.9. The molecule has 10 nitrogen and oxygen atoms in total. The van der Waals surface area contributed by atoms with E-state index in [-0.39, 0.29) is 11.5 Å². The Bertz CT molecular complexity index is 1560. The number of piperidine rings is 1. The van der Waals surface area contributed by atoms with Gasteiger partial charge in [0.2, 0.25) is 16.0 Å². The molecule has 5 rings (SSSR count). The van der Waals surface area contributed by atoms with Crippen molar-refractivity contribution in [3.05, 3.63) is 58.0 Å². The van der Waals surface area contributed by atoms with E-state index in [9.17, 15) is 13.2 Å². The Balaban J connectivity index is 1.35. The van der Waals surface area contributed by atoms with Gasteiger partial charge >= 0.3 is 0 Å². The van der Waals surface area contributed by atoms with Crippen molar-refractivity contribution >= 4 is 32.7 Å². The number of fused-ring (bicyclic) bond motifs is 1. The molecule has 0 aliphatic carbocycles. The number of aromatic nitrogens is 3. The largest absolute Gasteiger partial charge is 0.383 e. The lowest BCUT2D eigenvalue weighted by atomic mass is 9.98. The van der Waals surface area contributed by atoms with Crippen LogP contribution in [0.15, 0.2) is 41.3 Å². The van der Waals surface area contributed by atoms with Gasteiger partial charge in [-0.2, -0.15) is 4.98 Å². The number of anilines is 2. The Morgan fingerprint density at radius 1 is 1.18 bits per heavy atom. The molecule has 1 aromatic carbocycles. The van der Waals surface area contributed by atoms with Gasteiger partial charge in [-0.15, -0.1) is 0 Å². The first-order valence-corrected chi connectivity index (χ1v) is 15.6. The molecular formula is C29H36N6O4S. The van der Waals surface area contributed by atoms with Crippen molar-refractivity contribution in [1.29, 1.82) is 0 Å². The molecule has 2 saturated heterocycles. The maximum absolute atomic E-state index is 13.4. The molecule has 11 heteroatoms. The number of rotatable bonds is 8. The third kappa shape index (κ3) is 6.88. The highest BCUT2D eigenvalue weighted by Gasteiger charge is 2.24. The fourth-order valence-corrected chi connectivity index (χ4v) is 6.16. The van der Waals surface area contributed by atoms with E-state index in [1.54, 1.807) is 23.9 Å². The van der Waals surface area contributed by atoms with Gasteiger partial charge in [0.05, 0.1) is 25.0 Å². The van der Waals surface area contributed by atoms with Gasteiger partial charge in [-0.25, -0.2) is 17.7 Å². The SMILES string of the molecule is COCCn1c(=O)c(C#CC2CCN(S(C)(=O)=O)CC2)cc2cnc(Nc3ccc(CC4CCNC4)cc3)nc21. The Labute approximate surface area is 235 Å². The molecule has 0 spiro atoms.